The number of ether oxygens (including phenoxy) is 2. The van der Waals surface area contributed by atoms with E-state index in [1.54, 1.807) is 36.4 Å². The summed E-state index contributed by atoms with van der Waals surface area (Å²) < 4.78 is 10.4. The second kappa shape index (κ2) is 11.0. The van der Waals surface area contributed by atoms with Crippen molar-refractivity contribution < 1.29 is 19.1 Å². The Kier molecular flexibility index (Phi) is 7.34. The molecule has 9 nitrogen and oxygen atoms in total. The molecular weight excluding hydrogens is 422 g/mol. The van der Waals surface area contributed by atoms with Gasteiger partial charge in [-0.15, -0.1) is 0 Å². The first-order valence-corrected chi connectivity index (χ1v) is 10.5. The fourth-order valence-electron chi connectivity index (χ4n) is 3.12. The van der Waals surface area contributed by atoms with Gasteiger partial charge in [0, 0.05) is 25.0 Å². The fourth-order valence-corrected chi connectivity index (χ4v) is 3.12. The molecule has 0 spiro atoms. The van der Waals surface area contributed by atoms with E-state index in [4.69, 9.17) is 9.47 Å². The average molecular weight is 445 g/mol. The number of nitrogens with zero attached hydrogens (tertiary/aromatic N) is 4. The largest absolute Gasteiger partial charge is 0.452 e. The van der Waals surface area contributed by atoms with E-state index >= 15 is 0 Å². The number of amides is 1. The average Bonchev–Trinajstić information content (AvgIpc) is 2.88. The number of hydrogen-bond donors (Lipinski definition) is 1. The molecule has 1 aliphatic rings. The number of anilines is 2. The molecule has 1 fully saturated rings. The quantitative estimate of drug-likeness (QED) is 0.433. The number of carbonyl (C=O) groups is 2. The number of nitrogens with one attached hydrogen (secondary N) is 1. The van der Waals surface area contributed by atoms with Crippen LogP contribution in [0.2, 0.25) is 0 Å². The molecule has 4 rings (SSSR count). The first-order chi connectivity index (χ1) is 16.2. The summed E-state index contributed by atoms with van der Waals surface area (Å²) in [6, 6.07) is 19.7. The van der Waals surface area contributed by atoms with Crippen molar-refractivity contribution in [1.29, 1.82) is 0 Å². The van der Waals surface area contributed by atoms with E-state index in [9.17, 15) is 9.59 Å². The van der Waals surface area contributed by atoms with Crippen molar-refractivity contribution in [1.82, 2.24) is 4.98 Å². The molecule has 0 aliphatic carbocycles. The molecule has 0 radical (unpaired) electrons. The molecule has 9 heteroatoms. The summed E-state index contributed by atoms with van der Waals surface area (Å²) in [4.78, 5) is 30.8. The monoisotopic (exact) mass is 445 g/mol. The van der Waals surface area contributed by atoms with Crippen LogP contribution in [0.3, 0.4) is 0 Å². The summed E-state index contributed by atoms with van der Waals surface area (Å²) >= 11 is 0. The maximum absolute atomic E-state index is 12.2. The third-order valence-corrected chi connectivity index (χ3v) is 4.84. The summed E-state index contributed by atoms with van der Waals surface area (Å²) in [6.45, 7) is 2.42. The van der Waals surface area contributed by atoms with Crippen LogP contribution in [0.5, 0.6) is 0 Å². The molecule has 0 bridgehead atoms. The topological polar surface area (TPSA) is 105 Å². The number of esters is 1. The molecule has 1 aromatic heterocycles. The molecule has 168 valence electrons. The number of aromatic nitrogens is 1. The lowest BCUT2D eigenvalue weighted by Gasteiger charge is -2.27. The predicted octanol–water partition coefficient (Wildman–Crippen LogP) is 4.13. The number of hydrogen-bond acceptors (Lipinski definition) is 8. The molecule has 3 aromatic rings. The highest BCUT2D eigenvalue weighted by Gasteiger charge is 2.15. The standard InChI is InChI=1S/C24H23N5O4/c30-23(26-19-7-9-21(10-8-19)28-27-20-4-2-1-3-5-20)17-33-24(31)18-6-11-22(25-16-18)29-12-14-32-15-13-29/h1-11,16H,12-15,17H2,(H,26,30). The lowest BCUT2D eigenvalue weighted by Crippen LogP contribution is -2.36. The van der Waals surface area contributed by atoms with Crippen molar-refractivity contribution >= 4 is 34.8 Å². The summed E-state index contributed by atoms with van der Waals surface area (Å²) in [6.07, 6.45) is 1.45. The lowest BCUT2D eigenvalue weighted by molar-refractivity contribution is -0.119. The Morgan fingerprint density at radius 1 is 0.939 bits per heavy atom. The van der Waals surface area contributed by atoms with E-state index in [0.29, 0.717) is 24.6 Å². The van der Waals surface area contributed by atoms with E-state index in [-0.39, 0.29) is 5.56 Å². The van der Waals surface area contributed by atoms with Gasteiger partial charge >= 0.3 is 5.97 Å². The fraction of sp³-hybridized carbons (Fsp3) is 0.208. The molecular formula is C24H23N5O4. The van der Waals surface area contributed by atoms with Crippen molar-refractivity contribution in [3.05, 3.63) is 78.5 Å². The second-order valence-corrected chi connectivity index (χ2v) is 7.21. The Morgan fingerprint density at radius 2 is 1.64 bits per heavy atom. The number of benzene rings is 2. The van der Waals surface area contributed by atoms with Gasteiger partial charge in [-0.1, -0.05) is 18.2 Å². The molecule has 1 saturated heterocycles. The number of rotatable bonds is 7. The van der Waals surface area contributed by atoms with Crippen LogP contribution in [0, 0.1) is 0 Å². The highest BCUT2D eigenvalue weighted by Crippen LogP contribution is 2.20. The van der Waals surface area contributed by atoms with E-state index in [0.717, 1.165) is 24.6 Å². The summed E-state index contributed by atoms with van der Waals surface area (Å²) in [7, 11) is 0. The molecule has 33 heavy (non-hydrogen) atoms. The maximum atomic E-state index is 12.2. The normalized spacial score (nSPS) is 13.6. The van der Waals surface area contributed by atoms with Crippen LogP contribution in [0.25, 0.3) is 0 Å². The molecule has 0 unspecified atom stereocenters. The van der Waals surface area contributed by atoms with Crippen molar-refractivity contribution in [2.24, 2.45) is 10.2 Å². The Bertz CT molecular complexity index is 1100. The van der Waals surface area contributed by atoms with Gasteiger partial charge in [0.1, 0.15) is 5.82 Å². The molecule has 1 N–H and O–H groups in total. The van der Waals surface area contributed by atoms with Crippen LogP contribution >= 0.6 is 0 Å². The predicted molar refractivity (Wildman–Crippen MR) is 123 cm³/mol. The SMILES string of the molecule is O=C(COC(=O)c1ccc(N2CCOCC2)nc1)Nc1ccc(N=Nc2ccccc2)cc1. The van der Waals surface area contributed by atoms with Gasteiger partial charge in [0.15, 0.2) is 6.61 Å². The van der Waals surface area contributed by atoms with Crippen LogP contribution < -0.4 is 10.2 Å². The van der Waals surface area contributed by atoms with E-state index in [1.165, 1.54) is 6.20 Å². The highest BCUT2D eigenvalue weighted by molar-refractivity contribution is 5.95. The van der Waals surface area contributed by atoms with Gasteiger partial charge in [-0.25, -0.2) is 9.78 Å². The highest BCUT2D eigenvalue weighted by atomic mass is 16.5. The van der Waals surface area contributed by atoms with Crippen LogP contribution in [0.4, 0.5) is 22.9 Å². The summed E-state index contributed by atoms with van der Waals surface area (Å²) in [5.41, 5.74) is 2.25. The molecule has 2 aromatic carbocycles. The first-order valence-electron chi connectivity index (χ1n) is 10.5. The maximum Gasteiger partial charge on any atom is 0.340 e. The van der Waals surface area contributed by atoms with Crippen molar-refractivity contribution in [2.75, 3.05) is 43.1 Å². The Labute approximate surface area is 191 Å². The first kappa shape index (κ1) is 22.1. The van der Waals surface area contributed by atoms with E-state index < -0.39 is 18.5 Å². The smallest absolute Gasteiger partial charge is 0.340 e. The zero-order valence-corrected chi connectivity index (χ0v) is 17.9. The second-order valence-electron chi connectivity index (χ2n) is 7.21. The van der Waals surface area contributed by atoms with Crippen LogP contribution in [-0.2, 0) is 14.3 Å². The number of pyridine rings is 1. The van der Waals surface area contributed by atoms with Gasteiger partial charge in [-0.3, -0.25) is 4.79 Å². The number of carbonyl (C=O) groups excluding carboxylic acids is 2. The number of azo groups is 1. The van der Waals surface area contributed by atoms with Gasteiger partial charge in [0.2, 0.25) is 0 Å². The number of morpholine rings is 1. The Morgan fingerprint density at radius 3 is 2.30 bits per heavy atom. The Hall–Kier alpha value is -4.11. The summed E-state index contributed by atoms with van der Waals surface area (Å²) in [5.74, 6) is -0.276. The molecule has 1 aliphatic heterocycles. The van der Waals surface area contributed by atoms with Crippen molar-refractivity contribution in [3.8, 4) is 0 Å². The van der Waals surface area contributed by atoms with Gasteiger partial charge < -0.3 is 19.7 Å². The molecule has 0 saturated carbocycles. The zero-order valence-electron chi connectivity index (χ0n) is 17.9. The minimum Gasteiger partial charge on any atom is -0.452 e. The van der Waals surface area contributed by atoms with Gasteiger partial charge in [-0.2, -0.15) is 10.2 Å². The minimum absolute atomic E-state index is 0.285. The van der Waals surface area contributed by atoms with Crippen LogP contribution in [0.1, 0.15) is 10.4 Å². The van der Waals surface area contributed by atoms with Gasteiger partial charge in [-0.05, 0) is 48.5 Å². The zero-order chi connectivity index (χ0) is 22.9. The van der Waals surface area contributed by atoms with E-state index in [1.807, 2.05) is 30.3 Å². The van der Waals surface area contributed by atoms with Crippen LogP contribution in [-0.4, -0.2) is 49.8 Å². The third-order valence-electron chi connectivity index (χ3n) is 4.84. The molecule has 1 amide bonds. The van der Waals surface area contributed by atoms with Crippen LogP contribution in [0.15, 0.2) is 83.2 Å². The molecule has 2 heterocycles. The minimum atomic E-state index is -0.608. The van der Waals surface area contributed by atoms with E-state index in [2.05, 4.69) is 25.4 Å². The van der Waals surface area contributed by atoms with Crippen molar-refractivity contribution in [3.63, 3.8) is 0 Å². The summed E-state index contributed by atoms with van der Waals surface area (Å²) in [5, 5.41) is 11.0. The Balaban J connectivity index is 1.24. The molecule has 0 atom stereocenters. The van der Waals surface area contributed by atoms with Gasteiger partial charge in [0.05, 0.1) is 30.2 Å². The van der Waals surface area contributed by atoms with Crippen molar-refractivity contribution in [2.45, 2.75) is 0 Å². The lowest BCUT2D eigenvalue weighted by atomic mass is 10.2. The third kappa shape index (κ3) is 6.44. The van der Waals surface area contributed by atoms with Gasteiger partial charge in [0.25, 0.3) is 5.91 Å².